The largest absolute Gasteiger partial charge is 0.478 e. The molecule has 2 aromatic carbocycles. The second-order valence-corrected chi connectivity index (χ2v) is 6.54. The number of pyridine rings is 1. The lowest BCUT2D eigenvalue weighted by atomic mass is 9.82. The normalized spacial score (nSPS) is 12.1. The van der Waals surface area contributed by atoms with Gasteiger partial charge in [-0.05, 0) is 18.2 Å². The molecule has 2 N–H and O–H groups in total. The van der Waals surface area contributed by atoms with Crippen molar-refractivity contribution in [3.8, 4) is 11.4 Å². The molecular formula is C21H12N4O4. The summed E-state index contributed by atoms with van der Waals surface area (Å²) in [7, 11) is 1.46. The molecule has 1 amide bonds. The van der Waals surface area contributed by atoms with E-state index in [0.717, 1.165) is 0 Å². The van der Waals surface area contributed by atoms with E-state index >= 15 is 0 Å². The highest BCUT2D eigenvalue weighted by Gasteiger charge is 2.34. The van der Waals surface area contributed by atoms with E-state index in [1.807, 2.05) is 0 Å². The molecule has 0 aliphatic heterocycles. The standard InChI is InChI=1S/C21H12N4O4/c1-22-20(27)10-5-2-4-9-12(10)14(21(28)29)13-15-16(9)24-8-25-18(15)17-11(19(13)26)6-3-7-23-17/h2-8H,1H3,(H,22,27)(H,28,29). The maximum absolute atomic E-state index is 13.4. The summed E-state index contributed by atoms with van der Waals surface area (Å²) in [4.78, 5) is 51.1. The van der Waals surface area contributed by atoms with Crippen molar-refractivity contribution in [1.82, 2.24) is 20.3 Å². The van der Waals surface area contributed by atoms with Gasteiger partial charge in [0.2, 0.25) is 0 Å². The van der Waals surface area contributed by atoms with E-state index in [0.29, 0.717) is 27.7 Å². The van der Waals surface area contributed by atoms with Crippen molar-refractivity contribution in [2.75, 3.05) is 7.05 Å². The highest BCUT2D eigenvalue weighted by molar-refractivity contribution is 6.34. The van der Waals surface area contributed by atoms with Crippen molar-refractivity contribution in [3.05, 3.63) is 65.1 Å². The summed E-state index contributed by atoms with van der Waals surface area (Å²) in [5, 5.41) is 13.6. The maximum atomic E-state index is 13.4. The van der Waals surface area contributed by atoms with Crippen molar-refractivity contribution in [1.29, 1.82) is 0 Å². The lowest BCUT2D eigenvalue weighted by molar-refractivity contribution is 0.0695. The number of carboxylic acids is 1. The molecule has 0 spiro atoms. The Bertz CT molecular complexity index is 1410. The Hall–Kier alpha value is -4.20. The highest BCUT2D eigenvalue weighted by Crippen LogP contribution is 2.42. The number of nitrogens with zero attached hydrogens (tertiary/aromatic N) is 3. The molecule has 8 nitrogen and oxygen atoms in total. The number of benzene rings is 2. The van der Waals surface area contributed by atoms with Crippen LogP contribution in [0.2, 0.25) is 0 Å². The minimum absolute atomic E-state index is 0.0209. The van der Waals surface area contributed by atoms with E-state index in [1.54, 1.807) is 30.5 Å². The Kier molecular flexibility index (Phi) is 3.44. The maximum Gasteiger partial charge on any atom is 0.337 e. The van der Waals surface area contributed by atoms with Crippen molar-refractivity contribution in [2.24, 2.45) is 0 Å². The van der Waals surface area contributed by atoms with E-state index in [-0.39, 0.29) is 27.6 Å². The summed E-state index contributed by atoms with van der Waals surface area (Å²) in [6, 6.07) is 8.05. The van der Waals surface area contributed by atoms with Gasteiger partial charge in [-0.15, -0.1) is 0 Å². The van der Waals surface area contributed by atoms with E-state index in [4.69, 9.17) is 0 Å². The first-order valence-corrected chi connectivity index (χ1v) is 8.73. The fraction of sp³-hybridized carbons (Fsp3) is 0.0476. The second-order valence-electron chi connectivity index (χ2n) is 6.54. The van der Waals surface area contributed by atoms with Crippen LogP contribution in [0, 0.1) is 0 Å². The SMILES string of the molecule is CNC(=O)c1cccc2c1c(C(=O)O)c1c3c(ncnc32)-c2ncccc2C1=O. The Balaban J connectivity index is 2.11. The zero-order chi connectivity index (χ0) is 20.3. The molecule has 29 heavy (non-hydrogen) atoms. The first kappa shape index (κ1) is 16.9. The van der Waals surface area contributed by atoms with Crippen molar-refractivity contribution >= 4 is 39.3 Å². The summed E-state index contributed by atoms with van der Waals surface area (Å²) in [6.07, 6.45) is 2.90. The highest BCUT2D eigenvalue weighted by atomic mass is 16.4. The third-order valence-corrected chi connectivity index (χ3v) is 5.11. The van der Waals surface area contributed by atoms with Crippen LogP contribution in [0.25, 0.3) is 33.1 Å². The molecule has 1 aliphatic rings. The Morgan fingerprint density at radius 2 is 1.83 bits per heavy atom. The average molecular weight is 384 g/mol. The zero-order valence-electron chi connectivity index (χ0n) is 15.1. The molecule has 2 heterocycles. The Labute approximate surface area is 163 Å². The summed E-state index contributed by atoms with van der Waals surface area (Å²) in [6.45, 7) is 0. The van der Waals surface area contributed by atoms with E-state index in [1.165, 1.54) is 19.4 Å². The van der Waals surface area contributed by atoms with Gasteiger partial charge in [0.25, 0.3) is 5.91 Å². The van der Waals surface area contributed by atoms with Gasteiger partial charge in [0.1, 0.15) is 17.7 Å². The molecule has 5 rings (SSSR count). The molecule has 0 bridgehead atoms. The number of hydrogen-bond acceptors (Lipinski definition) is 6. The number of ketones is 1. The lowest BCUT2D eigenvalue weighted by Gasteiger charge is -2.21. The molecule has 0 fully saturated rings. The van der Waals surface area contributed by atoms with Gasteiger partial charge in [-0.1, -0.05) is 12.1 Å². The number of aromatic carboxylic acids is 1. The third kappa shape index (κ3) is 2.13. The Morgan fingerprint density at radius 1 is 1.00 bits per heavy atom. The van der Waals surface area contributed by atoms with Crippen LogP contribution in [0.3, 0.4) is 0 Å². The van der Waals surface area contributed by atoms with Crippen LogP contribution in [0.1, 0.15) is 36.6 Å². The number of rotatable bonds is 2. The van der Waals surface area contributed by atoms with Gasteiger partial charge < -0.3 is 10.4 Å². The molecule has 0 atom stereocenters. The number of hydrogen-bond donors (Lipinski definition) is 2. The second kappa shape index (κ2) is 5.90. The fourth-order valence-electron chi connectivity index (χ4n) is 3.95. The summed E-state index contributed by atoms with van der Waals surface area (Å²) in [5.74, 6) is -2.24. The van der Waals surface area contributed by atoms with Crippen LogP contribution >= 0.6 is 0 Å². The zero-order valence-corrected chi connectivity index (χ0v) is 15.1. The quantitative estimate of drug-likeness (QED) is 0.448. The van der Waals surface area contributed by atoms with Gasteiger partial charge in [-0.3, -0.25) is 14.6 Å². The molecule has 4 aromatic rings. The molecule has 2 aromatic heterocycles. The number of carbonyl (C=O) groups is 3. The monoisotopic (exact) mass is 384 g/mol. The van der Waals surface area contributed by atoms with E-state index < -0.39 is 17.7 Å². The lowest BCUT2D eigenvalue weighted by Crippen LogP contribution is -2.21. The molecule has 140 valence electrons. The van der Waals surface area contributed by atoms with Gasteiger partial charge in [0.15, 0.2) is 5.78 Å². The fourth-order valence-corrected chi connectivity index (χ4v) is 3.95. The van der Waals surface area contributed by atoms with Crippen molar-refractivity contribution in [3.63, 3.8) is 0 Å². The van der Waals surface area contributed by atoms with Crippen LogP contribution in [-0.2, 0) is 0 Å². The van der Waals surface area contributed by atoms with Gasteiger partial charge in [-0.2, -0.15) is 0 Å². The number of carboxylic acid groups (broad SMARTS) is 1. The topological polar surface area (TPSA) is 122 Å². The first-order valence-electron chi connectivity index (χ1n) is 8.73. The number of carbonyl (C=O) groups excluding carboxylic acids is 2. The van der Waals surface area contributed by atoms with Gasteiger partial charge in [0, 0.05) is 40.5 Å². The number of fused-ring (bicyclic) bond motifs is 4. The van der Waals surface area contributed by atoms with Crippen LogP contribution in [-0.4, -0.2) is 44.8 Å². The Morgan fingerprint density at radius 3 is 2.59 bits per heavy atom. The van der Waals surface area contributed by atoms with E-state index in [2.05, 4.69) is 20.3 Å². The smallest absolute Gasteiger partial charge is 0.337 e. The van der Waals surface area contributed by atoms with Crippen LogP contribution in [0.15, 0.2) is 42.9 Å². The predicted molar refractivity (Wildman–Crippen MR) is 104 cm³/mol. The van der Waals surface area contributed by atoms with Gasteiger partial charge in [-0.25, -0.2) is 14.8 Å². The molecule has 0 saturated carbocycles. The average Bonchev–Trinajstić information content (AvgIpc) is 2.75. The minimum Gasteiger partial charge on any atom is -0.478 e. The first-order chi connectivity index (χ1) is 14.0. The van der Waals surface area contributed by atoms with Gasteiger partial charge in [0.05, 0.1) is 16.6 Å². The molecule has 8 heteroatoms. The molecular weight excluding hydrogens is 372 g/mol. The van der Waals surface area contributed by atoms with Crippen molar-refractivity contribution in [2.45, 2.75) is 0 Å². The molecule has 0 unspecified atom stereocenters. The molecule has 0 saturated heterocycles. The van der Waals surface area contributed by atoms with Crippen LogP contribution in [0.4, 0.5) is 0 Å². The summed E-state index contributed by atoms with van der Waals surface area (Å²) < 4.78 is 0. The summed E-state index contributed by atoms with van der Waals surface area (Å²) in [5.41, 5.74) is 1.35. The summed E-state index contributed by atoms with van der Waals surface area (Å²) >= 11 is 0. The van der Waals surface area contributed by atoms with E-state index in [9.17, 15) is 19.5 Å². The number of amides is 1. The number of nitrogens with one attached hydrogen (secondary N) is 1. The molecule has 0 radical (unpaired) electrons. The van der Waals surface area contributed by atoms with Gasteiger partial charge >= 0.3 is 5.97 Å². The van der Waals surface area contributed by atoms with Crippen LogP contribution < -0.4 is 5.32 Å². The van der Waals surface area contributed by atoms with Crippen LogP contribution in [0.5, 0.6) is 0 Å². The predicted octanol–water partition coefficient (Wildman–Crippen LogP) is 2.45. The number of aromatic nitrogens is 3. The third-order valence-electron chi connectivity index (χ3n) is 5.11. The molecule has 1 aliphatic carbocycles. The minimum atomic E-state index is -1.31. The van der Waals surface area contributed by atoms with Crippen molar-refractivity contribution < 1.29 is 19.5 Å².